The molecule has 0 aliphatic heterocycles. The average molecular weight is 426 g/mol. The molecule has 2 heterocycles. The Kier molecular flexibility index (Phi) is 6.36. The van der Waals surface area contributed by atoms with Gasteiger partial charge in [0.1, 0.15) is 5.75 Å². The molecule has 160 valence electrons. The maximum Gasteiger partial charge on any atom is 0.257 e. The van der Waals surface area contributed by atoms with E-state index in [4.69, 9.17) is 4.74 Å². The van der Waals surface area contributed by atoms with E-state index in [1.54, 1.807) is 42.7 Å². The zero-order valence-electron chi connectivity index (χ0n) is 17.5. The van der Waals surface area contributed by atoms with E-state index in [0.29, 0.717) is 29.2 Å². The van der Waals surface area contributed by atoms with Gasteiger partial charge in [-0.25, -0.2) is 4.98 Å². The number of hydrogen-bond donors (Lipinski definition) is 2. The first-order valence-electron chi connectivity index (χ1n) is 10.2. The van der Waals surface area contributed by atoms with Crippen molar-refractivity contribution in [3.8, 4) is 17.0 Å². The van der Waals surface area contributed by atoms with Crippen LogP contribution in [0.15, 0.2) is 79.1 Å². The molecule has 0 saturated heterocycles. The van der Waals surface area contributed by atoms with Crippen LogP contribution in [-0.4, -0.2) is 34.9 Å². The number of amides is 2. The molecule has 4 rings (SSSR count). The summed E-state index contributed by atoms with van der Waals surface area (Å²) in [6.07, 6.45) is 3.41. The van der Waals surface area contributed by atoms with Crippen molar-refractivity contribution in [2.75, 3.05) is 18.5 Å². The van der Waals surface area contributed by atoms with Crippen molar-refractivity contribution in [1.82, 2.24) is 15.3 Å². The molecule has 0 atom stereocenters. The van der Waals surface area contributed by atoms with Crippen LogP contribution >= 0.6 is 0 Å². The normalized spacial score (nSPS) is 10.5. The highest BCUT2D eigenvalue weighted by atomic mass is 16.5. The van der Waals surface area contributed by atoms with Crippen LogP contribution in [-0.2, 0) is 4.79 Å². The van der Waals surface area contributed by atoms with Gasteiger partial charge in [-0.1, -0.05) is 24.3 Å². The van der Waals surface area contributed by atoms with Crippen LogP contribution in [0.25, 0.3) is 22.2 Å². The predicted octanol–water partition coefficient (Wildman–Crippen LogP) is 4.06. The number of carbonyl (C=O) groups excluding carboxylic acids is 2. The van der Waals surface area contributed by atoms with Crippen molar-refractivity contribution in [3.05, 3.63) is 84.7 Å². The monoisotopic (exact) mass is 426 g/mol. The molecule has 2 N–H and O–H groups in total. The molecule has 7 heteroatoms. The number of benzene rings is 2. The number of anilines is 1. The van der Waals surface area contributed by atoms with Gasteiger partial charge < -0.3 is 15.4 Å². The molecule has 0 bridgehead atoms. The van der Waals surface area contributed by atoms with E-state index >= 15 is 0 Å². The molecule has 2 aromatic heterocycles. The second-order valence-electron chi connectivity index (χ2n) is 7.04. The van der Waals surface area contributed by atoms with Gasteiger partial charge >= 0.3 is 0 Å². The summed E-state index contributed by atoms with van der Waals surface area (Å²) in [5, 5.41) is 6.35. The molecular formula is C25H22N4O3. The fourth-order valence-corrected chi connectivity index (χ4v) is 3.28. The summed E-state index contributed by atoms with van der Waals surface area (Å²) in [6.45, 7) is 2.30. The number of carbonyl (C=O) groups is 2. The minimum Gasteiger partial charge on any atom is -0.484 e. The number of nitrogens with one attached hydrogen (secondary N) is 2. The molecule has 2 aromatic carbocycles. The zero-order valence-corrected chi connectivity index (χ0v) is 17.5. The highest BCUT2D eigenvalue weighted by molar-refractivity contribution is 6.13. The van der Waals surface area contributed by atoms with Crippen molar-refractivity contribution in [2.45, 2.75) is 6.92 Å². The Morgan fingerprint density at radius 2 is 1.88 bits per heavy atom. The molecule has 7 nitrogen and oxygen atoms in total. The third-order valence-electron chi connectivity index (χ3n) is 4.75. The summed E-state index contributed by atoms with van der Waals surface area (Å²) >= 11 is 0. The van der Waals surface area contributed by atoms with E-state index in [1.165, 1.54) is 0 Å². The Morgan fingerprint density at radius 3 is 2.69 bits per heavy atom. The average Bonchev–Trinajstić information content (AvgIpc) is 2.83. The first-order valence-corrected chi connectivity index (χ1v) is 10.2. The lowest BCUT2D eigenvalue weighted by Crippen LogP contribution is -2.28. The van der Waals surface area contributed by atoms with Gasteiger partial charge in [-0.2, -0.15) is 0 Å². The SMILES string of the molecule is CCNC(=O)COc1cccc(NC(=O)c2cc(-c3cccnc3)nc3ccccc23)c1. The highest BCUT2D eigenvalue weighted by Gasteiger charge is 2.15. The van der Waals surface area contributed by atoms with Gasteiger partial charge in [0.2, 0.25) is 0 Å². The quantitative estimate of drug-likeness (QED) is 0.465. The lowest BCUT2D eigenvalue weighted by atomic mass is 10.0. The topological polar surface area (TPSA) is 93.2 Å². The van der Waals surface area contributed by atoms with Crippen molar-refractivity contribution in [2.24, 2.45) is 0 Å². The van der Waals surface area contributed by atoms with Gasteiger partial charge in [0.25, 0.3) is 11.8 Å². The number of aromatic nitrogens is 2. The van der Waals surface area contributed by atoms with E-state index in [-0.39, 0.29) is 18.4 Å². The first-order chi connectivity index (χ1) is 15.6. The van der Waals surface area contributed by atoms with Crippen molar-refractivity contribution < 1.29 is 14.3 Å². The third kappa shape index (κ3) is 4.89. The maximum absolute atomic E-state index is 13.2. The second-order valence-corrected chi connectivity index (χ2v) is 7.04. The number of pyridine rings is 2. The van der Waals surface area contributed by atoms with E-state index in [1.807, 2.05) is 43.3 Å². The second kappa shape index (κ2) is 9.70. The Morgan fingerprint density at radius 1 is 1.00 bits per heavy atom. The fourth-order valence-electron chi connectivity index (χ4n) is 3.28. The van der Waals surface area contributed by atoms with E-state index < -0.39 is 0 Å². The summed E-state index contributed by atoms with van der Waals surface area (Å²) < 4.78 is 5.52. The van der Waals surface area contributed by atoms with E-state index in [2.05, 4.69) is 20.6 Å². The lowest BCUT2D eigenvalue weighted by molar-refractivity contribution is -0.122. The van der Waals surface area contributed by atoms with Crippen LogP contribution in [0.1, 0.15) is 17.3 Å². The number of fused-ring (bicyclic) bond motifs is 1. The molecular weight excluding hydrogens is 404 g/mol. The smallest absolute Gasteiger partial charge is 0.257 e. The van der Waals surface area contributed by atoms with Crippen LogP contribution in [0.5, 0.6) is 5.75 Å². The first kappa shape index (κ1) is 21.0. The Hall–Kier alpha value is -4.26. The molecule has 0 radical (unpaired) electrons. The summed E-state index contributed by atoms with van der Waals surface area (Å²) in [6, 6.07) is 20.0. The summed E-state index contributed by atoms with van der Waals surface area (Å²) in [5.41, 5.74) is 3.28. The Labute approximate surface area is 185 Å². The predicted molar refractivity (Wildman–Crippen MR) is 124 cm³/mol. The number of ether oxygens (including phenoxy) is 1. The van der Waals surface area contributed by atoms with Gasteiger partial charge in [-0.3, -0.25) is 14.6 Å². The molecule has 32 heavy (non-hydrogen) atoms. The number of rotatable bonds is 7. The van der Waals surface area contributed by atoms with Gasteiger partial charge in [-0.15, -0.1) is 0 Å². The van der Waals surface area contributed by atoms with Crippen LogP contribution < -0.4 is 15.4 Å². The molecule has 0 aliphatic rings. The van der Waals surface area contributed by atoms with E-state index in [0.717, 1.165) is 16.5 Å². The van der Waals surface area contributed by atoms with E-state index in [9.17, 15) is 9.59 Å². The molecule has 0 unspecified atom stereocenters. The van der Waals surface area contributed by atoms with Crippen molar-refractivity contribution in [3.63, 3.8) is 0 Å². The minimum absolute atomic E-state index is 0.0886. The molecule has 0 saturated carbocycles. The van der Waals surface area contributed by atoms with Crippen molar-refractivity contribution in [1.29, 1.82) is 0 Å². The third-order valence-corrected chi connectivity index (χ3v) is 4.75. The zero-order chi connectivity index (χ0) is 22.3. The largest absolute Gasteiger partial charge is 0.484 e. The van der Waals surface area contributed by atoms with Crippen LogP contribution in [0, 0.1) is 0 Å². The van der Waals surface area contributed by atoms with Crippen molar-refractivity contribution >= 4 is 28.4 Å². The highest BCUT2D eigenvalue weighted by Crippen LogP contribution is 2.26. The maximum atomic E-state index is 13.2. The van der Waals surface area contributed by atoms with Gasteiger partial charge in [0.05, 0.1) is 16.8 Å². The molecule has 0 aliphatic carbocycles. The summed E-state index contributed by atoms with van der Waals surface area (Å²) in [7, 11) is 0. The molecule has 4 aromatic rings. The van der Waals surface area contributed by atoms with Gasteiger partial charge in [0.15, 0.2) is 6.61 Å². The lowest BCUT2D eigenvalue weighted by Gasteiger charge is -2.12. The molecule has 0 fully saturated rings. The van der Waals surface area contributed by atoms with Gasteiger partial charge in [-0.05, 0) is 43.3 Å². The standard InChI is InChI=1S/C25H22N4O3/c1-2-27-24(30)16-32-19-9-5-8-18(13-19)28-25(31)21-14-23(17-7-6-12-26-15-17)29-22-11-4-3-10-20(21)22/h3-15H,2,16H2,1H3,(H,27,30)(H,28,31). The number of nitrogens with zero attached hydrogens (tertiary/aromatic N) is 2. The Bertz CT molecular complexity index is 1260. The number of likely N-dealkylation sites (N-methyl/N-ethyl adjacent to an activating group) is 1. The summed E-state index contributed by atoms with van der Waals surface area (Å²) in [4.78, 5) is 33.7. The molecule has 0 spiro atoms. The number of hydrogen-bond acceptors (Lipinski definition) is 5. The van der Waals surface area contributed by atoms with Crippen LogP contribution in [0.3, 0.4) is 0 Å². The van der Waals surface area contributed by atoms with Gasteiger partial charge in [0, 0.05) is 41.6 Å². The van der Waals surface area contributed by atoms with Crippen LogP contribution in [0.2, 0.25) is 0 Å². The molecule has 2 amide bonds. The number of para-hydroxylation sites is 1. The summed E-state index contributed by atoms with van der Waals surface area (Å²) in [5.74, 6) is 0.0208. The fraction of sp³-hybridized carbons (Fsp3) is 0.120. The Balaban J connectivity index is 1.60. The van der Waals surface area contributed by atoms with Crippen LogP contribution in [0.4, 0.5) is 5.69 Å². The minimum atomic E-state index is -0.269.